The van der Waals surface area contributed by atoms with E-state index in [9.17, 15) is 24.0 Å². The Hall–Kier alpha value is -7.67. The standard InChI is InChI=1S/C18H18O2.C11H16O.C10H14.2C8H16O2.C8H10O.C7H12O2.C7H18Si.C7H8.C6H12.C5H10O.2C5H12.2C4H10/c1-12(2)18(19)20-11-17-15-9-5-3-7-13(15)14-8-4-6-10-16(14)17;1-9(2)7-10-3-5-11(8-12)6-4-10;1-9(2)8-10-6-4-3-5-7-10;1-6(2)5-10-8(9)7(3)4;1-4-5-6-10-8(9)7(2)3;1-7-3-5-8(9-2)6-4-7;1-4-5-9-7(8)6(2)3;1-7(2)6-8(3,4)5;1-7-5-3-2-4-6-7;1-4-5-6(2)3;1-4(2)5(3)6;2*1-4-5(2)3;2*1-4(2)3/h3-10,12,17H,11H2,1-2H3;3-6,9,12H,7-8H2,1-2H3;3-7,9H,8H2,1-2H3;6-7H,5H2,1-4H3;7H,4-6H2,1-3H3;3-6H,1-2H3;4,6H,1,5H2,2-3H3;7H,6H2,1-5H3;2-6H,1H3;4,6H,1,5H2,2-3H3;4H,1-3H3;2*5H,4H2,1-3H3;2*4H,1-3H3. The molecule has 0 saturated heterocycles. The Morgan fingerprint density at radius 1 is 0.400 bits per heavy atom. The molecule has 6 aromatic carbocycles. The Morgan fingerprint density at radius 3 is 1.01 bits per heavy atom. The predicted molar refractivity (Wildman–Crippen MR) is 551 cm³/mol. The molecule has 0 radical (unpaired) electrons. The van der Waals surface area contributed by atoms with Crippen LogP contribution in [-0.2, 0) is 62.4 Å². The number of methoxy groups -OCH3 is 1. The molecule has 0 aliphatic heterocycles. The number of esters is 4. The molecule has 6 aromatic rings. The van der Waals surface area contributed by atoms with E-state index in [0.29, 0.717) is 38.3 Å². The third-order valence-electron chi connectivity index (χ3n) is 16.5. The van der Waals surface area contributed by atoms with Crippen LogP contribution >= 0.6 is 0 Å². The average molecular weight is 1760 g/mol. The molecule has 0 heterocycles. The predicted octanol–water partition coefficient (Wildman–Crippen LogP) is 32.3. The van der Waals surface area contributed by atoms with Crippen LogP contribution in [0.4, 0.5) is 0 Å². The van der Waals surface area contributed by atoms with Crippen LogP contribution in [0.2, 0.25) is 25.7 Å². The van der Waals surface area contributed by atoms with Crippen molar-refractivity contribution < 1.29 is 52.8 Å². The van der Waals surface area contributed by atoms with Gasteiger partial charge in [-0.2, -0.15) is 0 Å². The van der Waals surface area contributed by atoms with Crippen LogP contribution in [-0.4, -0.2) is 76.4 Å². The van der Waals surface area contributed by atoms with Crippen molar-refractivity contribution in [2.45, 2.75) is 332 Å². The molecule has 0 saturated carbocycles. The zero-order valence-electron chi connectivity index (χ0n) is 88.0. The van der Waals surface area contributed by atoms with Gasteiger partial charge in [0, 0.05) is 19.9 Å². The summed E-state index contributed by atoms with van der Waals surface area (Å²) in [5.41, 5.74) is 11.4. The monoisotopic (exact) mass is 1760 g/mol. The topological polar surface area (TPSA) is 152 Å². The molecule has 0 bridgehead atoms. The Bertz CT molecular complexity index is 3380. The van der Waals surface area contributed by atoms with Gasteiger partial charge in [0.1, 0.15) is 24.7 Å². The fourth-order valence-electron chi connectivity index (χ4n) is 9.08. The minimum atomic E-state index is -0.720. The number of aliphatic hydroxyl groups excluding tert-OH is 1. The van der Waals surface area contributed by atoms with Gasteiger partial charge in [-0.3, -0.25) is 24.0 Å². The van der Waals surface area contributed by atoms with Gasteiger partial charge < -0.3 is 28.8 Å². The average Bonchev–Trinajstić information content (AvgIpc) is 1.62. The summed E-state index contributed by atoms with van der Waals surface area (Å²) in [7, 11) is 0.951. The molecule has 7 rings (SSSR count). The van der Waals surface area contributed by atoms with Crippen LogP contribution in [0.15, 0.2) is 183 Å². The molecule has 11 nitrogen and oxygen atoms in total. The van der Waals surface area contributed by atoms with Crippen molar-refractivity contribution in [2.75, 3.05) is 33.5 Å². The summed E-state index contributed by atoms with van der Waals surface area (Å²) in [5, 5.41) is 8.81. The maximum Gasteiger partial charge on any atom is 0.308 e. The Morgan fingerprint density at radius 2 is 0.736 bits per heavy atom. The van der Waals surface area contributed by atoms with Gasteiger partial charge >= 0.3 is 23.9 Å². The number of unbranched alkanes of at least 4 members (excludes halogenated alkanes) is 1. The molecule has 1 aliphatic rings. The molecular formula is C113H194O11Si. The number of ketones is 1. The largest absolute Gasteiger partial charge is 0.497 e. The minimum Gasteiger partial charge on any atom is -0.497 e. The van der Waals surface area contributed by atoms with Crippen LogP contribution in [0, 0.1) is 96.7 Å². The number of aryl methyl sites for hydroxylation is 2. The van der Waals surface area contributed by atoms with E-state index in [1.165, 1.54) is 69.8 Å². The molecule has 1 N–H and O–H groups in total. The summed E-state index contributed by atoms with van der Waals surface area (Å²) in [4.78, 5) is 54.1. The first-order chi connectivity index (χ1) is 58.1. The molecule has 0 unspecified atom stereocenters. The van der Waals surface area contributed by atoms with E-state index in [0.717, 1.165) is 78.4 Å². The van der Waals surface area contributed by atoms with E-state index < -0.39 is 8.07 Å². The summed E-state index contributed by atoms with van der Waals surface area (Å²) < 4.78 is 25.0. The highest BCUT2D eigenvalue weighted by atomic mass is 28.3. The highest BCUT2D eigenvalue weighted by Gasteiger charge is 2.29. The normalized spacial score (nSPS) is 10.5. The SMILES string of the molecule is C=CCC(C)C.C=CCOC(=O)C(C)C.CC(=O)C(C)C.CC(C)C.CC(C)C.CC(C)C(=O)OCC1c2ccccc2-c2ccccc21.CC(C)COC(=O)C(C)C.CC(C)C[Si](C)(C)C.CC(C)Cc1ccc(CO)cc1.CC(C)Cc1ccccc1.CCC(C)C.CCC(C)C.CCCCOC(=O)C(C)C.COc1ccc(C)cc1.Cc1ccccc1. The van der Waals surface area contributed by atoms with Gasteiger partial charge in [-0.25, -0.2) is 0 Å². The van der Waals surface area contributed by atoms with Gasteiger partial charge in [0.05, 0.1) is 50.6 Å². The number of rotatable bonds is 26. The van der Waals surface area contributed by atoms with Gasteiger partial charge in [-0.15, -0.1) is 6.58 Å². The molecule has 1 aliphatic carbocycles. The van der Waals surface area contributed by atoms with Crippen molar-refractivity contribution in [3.63, 3.8) is 0 Å². The number of hydrogen-bond acceptors (Lipinski definition) is 11. The van der Waals surface area contributed by atoms with Gasteiger partial charge in [-0.1, -0.05) is 449 Å². The lowest BCUT2D eigenvalue weighted by atomic mass is 9.98. The van der Waals surface area contributed by atoms with Gasteiger partial charge in [0.2, 0.25) is 0 Å². The summed E-state index contributed by atoms with van der Waals surface area (Å²) >= 11 is 0. The van der Waals surface area contributed by atoms with E-state index in [4.69, 9.17) is 28.8 Å². The Labute approximate surface area is 773 Å². The Balaban J connectivity index is -0.000000200. The number of aliphatic hydroxyl groups is 1. The number of Topliss-reactive ketones (excluding diaryl/α,β-unsaturated/α-hetero) is 1. The second-order valence-electron chi connectivity index (χ2n) is 38.7. The molecule has 0 atom stereocenters. The van der Waals surface area contributed by atoms with Crippen molar-refractivity contribution in [3.8, 4) is 16.9 Å². The number of allylic oxidation sites excluding steroid dienone is 1. The van der Waals surface area contributed by atoms with Crippen LogP contribution in [0.25, 0.3) is 11.1 Å². The summed E-state index contributed by atoms with van der Waals surface area (Å²) in [6.07, 6.45) is 11.6. The third kappa shape index (κ3) is 96.8. The van der Waals surface area contributed by atoms with Crippen molar-refractivity contribution in [1.29, 1.82) is 0 Å². The van der Waals surface area contributed by atoms with Crippen LogP contribution in [0.5, 0.6) is 5.75 Å². The molecule has 125 heavy (non-hydrogen) atoms. The molecular weight excluding hydrogens is 1560 g/mol. The zero-order chi connectivity index (χ0) is 98.3. The molecule has 716 valence electrons. The molecule has 0 fully saturated rings. The lowest BCUT2D eigenvalue weighted by Crippen LogP contribution is -2.21. The highest BCUT2D eigenvalue weighted by molar-refractivity contribution is 6.76. The van der Waals surface area contributed by atoms with Crippen LogP contribution in [0.3, 0.4) is 0 Å². The highest BCUT2D eigenvalue weighted by Crippen LogP contribution is 2.44. The van der Waals surface area contributed by atoms with Crippen molar-refractivity contribution in [2.24, 2.45) is 82.9 Å². The number of carbonyl (C=O) groups is 5. The molecule has 0 aromatic heterocycles. The Kier molecular flexibility index (Phi) is 91.1. The second kappa shape index (κ2) is 85.7. The summed E-state index contributed by atoms with van der Waals surface area (Å²) in [6.45, 7) is 90.8. The number of hydrogen-bond donors (Lipinski definition) is 1. The molecule has 0 amide bonds. The van der Waals surface area contributed by atoms with Gasteiger partial charge in [0.15, 0.2) is 0 Å². The van der Waals surface area contributed by atoms with Crippen molar-refractivity contribution >= 4 is 37.7 Å². The summed E-state index contributed by atoms with van der Waals surface area (Å²) in [6, 6.07) is 55.2. The van der Waals surface area contributed by atoms with E-state index in [2.05, 4.69) is 283 Å². The lowest BCUT2D eigenvalue weighted by molar-refractivity contribution is -0.149. The van der Waals surface area contributed by atoms with Crippen molar-refractivity contribution in [1.82, 2.24) is 0 Å². The number of benzene rings is 6. The maximum absolute atomic E-state index is 11.7. The van der Waals surface area contributed by atoms with Gasteiger partial charge in [0.25, 0.3) is 0 Å². The smallest absolute Gasteiger partial charge is 0.308 e. The van der Waals surface area contributed by atoms with Crippen LogP contribution < -0.4 is 4.74 Å². The van der Waals surface area contributed by atoms with Crippen molar-refractivity contribution in [3.05, 3.63) is 222 Å². The van der Waals surface area contributed by atoms with E-state index in [1.54, 1.807) is 34.0 Å². The van der Waals surface area contributed by atoms with Gasteiger partial charge in [-0.05, 0) is 151 Å². The lowest BCUT2D eigenvalue weighted by Gasteiger charge is -2.17. The first kappa shape index (κ1) is 133. The zero-order valence-corrected chi connectivity index (χ0v) is 89.0. The molecule has 12 heteroatoms. The fourth-order valence-corrected chi connectivity index (χ4v) is 11.5. The number of ether oxygens (including phenoxy) is 5. The fraction of sp³-hybridized carbons (Fsp3) is 0.602. The minimum absolute atomic E-state index is 0.00116. The summed E-state index contributed by atoms with van der Waals surface area (Å²) in [5.74, 6) is 7.96. The number of fused-ring (bicyclic) bond motifs is 3. The van der Waals surface area contributed by atoms with E-state index in [1.807, 2.05) is 142 Å². The van der Waals surface area contributed by atoms with E-state index in [-0.39, 0.29) is 71.8 Å². The van der Waals surface area contributed by atoms with Crippen LogP contribution in [0.1, 0.15) is 312 Å². The van der Waals surface area contributed by atoms with E-state index >= 15 is 0 Å². The first-order valence-electron chi connectivity index (χ1n) is 47.1. The maximum atomic E-state index is 11.7. The quantitative estimate of drug-likeness (QED) is 0.0182. The second-order valence-corrected chi connectivity index (χ2v) is 44.2. The molecule has 0 spiro atoms. The third-order valence-corrected chi connectivity index (χ3v) is 18.6. The number of carbonyl (C=O) groups excluding carboxylic acids is 5. The first-order valence-corrected chi connectivity index (χ1v) is 50.8.